The first-order valence-corrected chi connectivity index (χ1v) is 11.2. The van der Waals surface area contributed by atoms with E-state index in [0.29, 0.717) is 37.9 Å². The normalized spacial score (nSPS) is 20.3. The average molecular weight is 458 g/mol. The fourth-order valence-corrected chi connectivity index (χ4v) is 3.97. The lowest BCUT2D eigenvalue weighted by atomic mass is 10.0. The van der Waals surface area contributed by atoms with Gasteiger partial charge in [-0.05, 0) is 39.2 Å². The van der Waals surface area contributed by atoms with Gasteiger partial charge in [0.15, 0.2) is 0 Å². The number of hydrogen-bond acceptors (Lipinski definition) is 7. The number of fused-ring (bicyclic) bond motifs is 2. The van der Waals surface area contributed by atoms with E-state index in [0.717, 1.165) is 18.4 Å². The van der Waals surface area contributed by atoms with Crippen molar-refractivity contribution in [1.82, 2.24) is 25.1 Å². The minimum Gasteiger partial charge on any atom is -0.444 e. The first-order chi connectivity index (χ1) is 15.7. The molecule has 0 spiro atoms. The van der Waals surface area contributed by atoms with Gasteiger partial charge < -0.3 is 19.0 Å². The van der Waals surface area contributed by atoms with Crippen LogP contribution in [-0.2, 0) is 22.6 Å². The molecule has 1 aromatic heterocycles. The molecule has 10 heteroatoms. The van der Waals surface area contributed by atoms with Gasteiger partial charge in [0.25, 0.3) is 0 Å². The van der Waals surface area contributed by atoms with Crippen LogP contribution in [0.2, 0.25) is 0 Å². The first kappa shape index (κ1) is 23.0. The van der Waals surface area contributed by atoms with Crippen molar-refractivity contribution >= 4 is 12.1 Å². The smallest absolute Gasteiger partial charge is 0.410 e. The van der Waals surface area contributed by atoms with E-state index in [1.165, 1.54) is 9.96 Å². The van der Waals surface area contributed by atoms with Crippen LogP contribution in [0.25, 0.3) is 0 Å². The molecule has 2 bridgehead atoms. The second kappa shape index (κ2) is 9.38. The van der Waals surface area contributed by atoms with Gasteiger partial charge in [-0.2, -0.15) is 5.06 Å². The number of carbonyl (C=O) groups is 2. The van der Waals surface area contributed by atoms with Crippen molar-refractivity contribution in [1.29, 1.82) is 0 Å². The summed E-state index contributed by atoms with van der Waals surface area (Å²) in [5, 5.41) is 9.79. The highest BCUT2D eigenvalue weighted by molar-refractivity contribution is 5.77. The number of carbonyl (C=O) groups excluding carboxylic acids is 2. The number of urea groups is 1. The van der Waals surface area contributed by atoms with Gasteiger partial charge in [0.2, 0.25) is 11.8 Å². The Balaban J connectivity index is 1.32. The molecule has 0 aliphatic carbocycles. The molecule has 4 rings (SSSR count). The van der Waals surface area contributed by atoms with Gasteiger partial charge in [-0.3, -0.25) is 4.84 Å². The van der Waals surface area contributed by atoms with E-state index < -0.39 is 11.7 Å². The lowest BCUT2D eigenvalue weighted by Gasteiger charge is -2.27. The summed E-state index contributed by atoms with van der Waals surface area (Å²) in [7, 11) is 1.67. The summed E-state index contributed by atoms with van der Waals surface area (Å²) in [5.74, 6) is 0.841. The minimum atomic E-state index is -0.553. The Hall–Kier alpha value is -3.14. The summed E-state index contributed by atoms with van der Waals surface area (Å²) in [5.41, 5.74) is 0.458. The Kier molecular flexibility index (Phi) is 6.55. The fourth-order valence-electron chi connectivity index (χ4n) is 3.97. The van der Waals surface area contributed by atoms with E-state index in [9.17, 15) is 9.59 Å². The molecule has 178 valence electrons. The van der Waals surface area contributed by atoms with Crippen LogP contribution in [0.4, 0.5) is 9.59 Å². The Morgan fingerprint density at radius 1 is 1.21 bits per heavy atom. The zero-order valence-corrected chi connectivity index (χ0v) is 19.6. The van der Waals surface area contributed by atoms with Gasteiger partial charge in [-0.15, -0.1) is 10.2 Å². The summed E-state index contributed by atoms with van der Waals surface area (Å²) in [4.78, 5) is 34.2. The highest BCUT2D eigenvalue weighted by atomic mass is 16.7. The molecular formula is C23H31N5O5. The molecule has 2 aromatic rings. The molecule has 0 saturated carbocycles. The molecule has 1 aromatic carbocycles. The van der Waals surface area contributed by atoms with Gasteiger partial charge in [0.05, 0.1) is 6.04 Å². The van der Waals surface area contributed by atoms with Crippen LogP contribution in [0.1, 0.15) is 57.0 Å². The number of hydrogen-bond donors (Lipinski definition) is 0. The van der Waals surface area contributed by atoms with Gasteiger partial charge in [0, 0.05) is 26.6 Å². The SMILES string of the molecule is CN(CCc1nnc(C2CCC3CN2C(=O)N3OCc2ccccc2)o1)C(=O)OC(C)(C)C. The summed E-state index contributed by atoms with van der Waals surface area (Å²) >= 11 is 0. The standard InChI is InChI=1S/C23H31N5O5/c1-23(2,3)33-22(30)26(4)13-12-19-24-25-20(32-19)18-11-10-17-14-27(18)21(29)28(17)31-15-16-8-6-5-7-9-16/h5-9,17-18H,10-15H2,1-4H3. The van der Waals surface area contributed by atoms with Crippen molar-refractivity contribution in [3.05, 3.63) is 47.7 Å². The van der Waals surface area contributed by atoms with Gasteiger partial charge in [-0.1, -0.05) is 30.3 Å². The highest BCUT2D eigenvalue weighted by Gasteiger charge is 2.47. The second-order valence-corrected chi connectivity index (χ2v) is 9.45. The third-order valence-corrected chi connectivity index (χ3v) is 5.67. The van der Waals surface area contributed by atoms with Crippen LogP contribution in [0.5, 0.6) is 0 Å². The van der Waals surface area contributed by atoms with Gasteiger partial charge in [0.1, 0.15) is 18.2 Å². The Labute approximate surface area is 193 Å². The van der Waals surface area contributed by atoms with Crippen molar-refractivity contribution in [2.45, 2.75) is 64.3 Å². The number of benzene rings is 1. The number of amides is 3. The van der Waals surface area contributed by atoms with E-state index >= 15 is 0 Å². The molecule has 2 unspecified atom stereocenters. The Morgan fingerprint density at radius 2 is 1.97 bits per heavy atom. The van der Waals surface area contributed by atoms with E-state index in [1.54, 1.807) is 11.9 Å². The predicted molar refractivity (Wildman–Crippen MR) is 118 cm³/mol. The molecule has 2 atom stereocenters. The summed E-state index contributed by atoms with van der Waals surface area (Å²) in [6, 6.07) is 9.34. The summed E-state index contributed by atoms with van der Waals surface area (Å²) in [6.07, 6.45) is 1.51. The first-order valence-electron chi connectivity index (χ1n) is 11.2. The Morgan fingerprint density at radius 3 is 2.70 bits per heavy atom. The summed E-state index contributed by atoms with van der Waals surface area (Å²) < 4.78 is 11.2. The lowest BCUT2D eigenvalue weighted by molar-refractivity contribution is -0.140. The maximum absolute atomic E-state index is 13.0. The van der Waals surface area contributed by atoms with E-state index in [1.807, 2.05) is 51.1 Å². The van der Waals surface area contributed by atoms with Crippen LogP contribution in [0.15, 0.2) is 34.7 Å². The van der Waals surface area contributed by atoms with Crippen LogP contribution in [0, 0.1) is 0 Å². The number of nitrogens with zero attached hydrogens (tertiary/aromatic N) is 5. The van der Waals surface area contributed by atoms with Gasteiger partial charge >= 0.3 is 12.1 Å². The zero-order chi connectivity index (χ0) is 23.6. The Bertz CT molecular complexity index is 973. The van der Waals surface area contributed by atoms with Gasteiger partial charge in [-0.25, -0.2) is 9.59 Å². The van der Waals surface area contributed by atoms with Crippen LogP contribution in [0.3, 0.4) is 0 Å². The molecular weight excluding hydrogens is 426 g/mol. The van der Waals surface area contributed by atoms with Crippen molar-refractivity contribution in [3.8, 4) is 0 Å². The number of piperidine rings is 1. The van der Waals surface area contributed by atoms with E-state index in [4.69, 9.17) is 14.0 Å². The third-order valence-electron chi connectivity index (χ3n) is 5.67. The quantitative estimate of drug-likeness (QED) is 0.627. The van der Waals surface area contributed by atoms with E-state index in [-0.39, 0.29) is 18.1 Å². The van der Waals surface area contributed by atoms with E-state index in [2.05, 4.69) is 10.2 Å². The van der Waals surface area contributed by atoms with Crippen molar-refractivity contribution in [3.63, 3.8) is 0 Å². The molecule has 2 saturated heterocycles. The van der Waals surface area contributed by atoms with Crippen LogP contribution >= 0.6 is 0 Å². The van der Waals surface area contributed by atoms with Crippen molar-refractivity contribution < 1.29 is 23.6 Å². The summed E-state index contributed by atoms with van der Waals surface area (Å²) in [6.45, 7) is 6.77. The number of likely N-dealkylation sites (N-methyl/N-ethyl adjacent to an activating group) is 1. The molecule has 0 radical (unpaired) electrons. The van der Waals surface area contributed by atoms with Crippen molar-refractivity contribution in [2.75, 3.05) is 20.1 Å². The molecule has 3 amide bonds. The topological polar surface area (TPSA) is 101 Å². The highest BCUT2D eigenvalue weighted by Crippen LogP contribution is 2.38. The minimum absolute atomic E-state index is 0.0160. The maximum Gasteiger partial charge on any atom is 0.410 e. The largest absolute Gasteiger partial charge is 0.444 e. The lowest BCUT2D eigenvalue weighted by Crippen LogP contribution is -2.35. The van der Waals surface area contributed by atoms with Crippen molar-refractivity contribution in [2.24, 2.45) is 0 Å². The second-order valence-electron chi connectivity index (χ2n) is 9.45. The predicted octanol–water partition coefficient (Wildman–Crippen LogP) is 3.55. The fraction of sp³-hybridized carbons (Fsp3) is 0.565. The monoisotopic (exact) mass is 457 g/mol. The molecule has 0 N–H and O–H groups in total. The zero-order valence-electron chi connectivity index (χ0n) is 19.6. The number of ether oxygens (including phenoxy) is 1. The number of rotatable bonds is 7. The molecule has 2 aliphatic heterocycles. The molecule has 2 aliphatic rings. The third kappa shape index (κ3) is 5.44. The maximum atomic E-state index is 13.0. The molecule has 2 fully saturated rings. The molecule has 33 heavy (non-hydrogen) atoms. The average Bonchev–Trinajstić information content (AvgIpc) is 3.34. The van der Waals surface area contributed by atoms with Crippen LogP contribution in [-0.4, -0.2) is 69.0 Å². The van der Waals surface area contributed by atoms with Crippen LogP contribution < -0.4 is 0 Å². The number of hydroxylamine groups is 2. The molecule has 3 heterocycles. The number of aromatic nitrogens is 2. The molecule has 10 nitrogen and oxygen atoms in total.